The number of hydrogen-bond donors (Lipinski definition) is 2. The van der Waals surface area contributed by atoms with E-state index in [1.807, 2.05) is 0 Å². The molecule has 0 spiro atoms. The van der Waals surface area contributed by atoms with Crippen LogP contribution in [0.3, 0.4) is 0 Å². The molecule has 2 rings (SSSR count). The molecule has 0 aromatic heterocycles. The van der Waals surface area contributed by atoms with Crippen molar-refractivity contribution in [2.24, 2.45) is 11.8 Å². The van der Waals surface area contributed by atoms with Gasteiger partial charge in [0.05, 0.1) is 22.5 Å². The molecule has 5 nitrogen and oxygen atoms in total. The highest BCUT2D eigenvalue weighted by Crippen LogP contribution is 2.38. The molecule has 0 unspecified atom stereocenters. The molecule has 2 N–H and O–H groups in total. The number of carboxylic acid groups (broad SMARTS) is 1. The van der Waals surface area contributed by atoms with E-state index in [9.17, 15) is 22.8 Å². The van der Waals surface area contributed by atoms with Gasteiger partial charge in [-0.1, -0.05) is 17.7 Å². The number of rotatable bonds is 2. The van der Waals surface area contributed by atoms with Crippen molar-refractivity contribution in [1.29, 1.82) is 0 Å². The molecule has 9 heteroatoms. The zero-order chi connectivity index (χ0) is 17.4. The van der Waals surface area contributed by atoms with Gasteiger partial charge in [0.25, 0.3) is 0 Å². The van der Waals surface area contributed by atoms with Crippen LogP contribution >= 0.6 is 11.6 Å². The summed E-state index contributed by atoms with van der Waals surface area (Å²) in [4.78, 5) is 23.9. The molecule has 126 valence electrons. The van der Waals surface area contributed by atoms with Crippen molar-refractivity contribution in [1.82, 2.24) is 4.90 Å². The van der Waals surface area contributed by atoms with Crippen LogP contribution in [-0.2, 0) is 4.79 Å². The van der Waals surface area contributed by atoms with Gasteiger partial charge in [-0.15, -0.1) is 0 Å². The van der Waals surface area contributed by atoms with E-state index in [0.717, 1.165) is 10.5 Å². The molecular formula is C14H14ClF3N2O3. The van der Waals surface area contributed by atoms with Crippen LogP contribution < -0.4 is 5.32 Å². The topological polar surface area (TPSA) is 69.6 Å². The van der Waals surface area contributed by atoms with E-state index in [-0.39, 0.29) is 10.7 Å². The van der Waals surface area contributed by atoms with Gasteiger partial charge in [0, 0.05) is 13.1 Å². The Hall–Kier alpha value is -1.96. The SMILES string of the molecule is Cc1ccc(NC(=O)N2C[C@@H](C(F)(F)F)[C@H](C(=O)O)C2)c(Cl)c1. The molecular weight excluding hydrogens is 337 g/mol. The minimum atomic E-state index is -4.68. The minimum absolute atomic E-state index is 0.250. The summed E-state index contributed by atoms with van der Waals surface area (Å²) in [7, 11) is 0. The summed E-state index contributed by atoms with van der Waals surface area (Å²) >= 11 is 5.95. The van der Waals surface area contributed by atoms with E-state index in [0.29, 0.717) is 0 Å². The Bertz CT molecular complexity index is 636. The zero-order valence-electron chi connectivity index (χ0n) is 12.0. The van der Waals surface area contributed by atoms with Crippen molar-refractivity contribution in [3.05, 3.63) is 28.8 Å². The first-order chi connectivity index (χ1) is 10.6. The number of likely N-dealkylation sites (tertiary alicyclic amines) is 1. The summed E-state index contributed by atoms with van der Waals surface area (Å²) < 4.78 is 38.7. The fraction of sp³-hybridized carbons (Fsp3) is 0.429. The van der Waals surface area contributed by atoms with Crippen LogP contribution in [-0.4, -0.2) is 41.3 Å². The molecule has 1 aromatic carbocycles. The van der Waals surface area contributed by atoms with E-state index in [2.05, 4.69) is 5.32 Å². The second kappa shape index (κ2) is 6.27. The number of anilines is 1. The maximum absolute atomic E-state index is 12.9. The van der Waals surface area contributed by atoms with Crippen molar-refractivity contribution in [3.8, 4) is 0 Å². The van der Waals surface area contributed by atoms with Gasteiger partial charge in [0.15, 0.2) is 0 Å². The van der Waals surface area contributed by atoms with E-state index in [4.69, 9.17) is 16.7 Å². The van der Waals surface area contributed by atoms with Crippen LogP contribution in [0.15, 0.2) is 18.2 Å². The number of carboxylic acids is 1. The molecule has 1 aliphatic heterocycles. The quantitative estimate of drug-likeness (QED) is 0.859. The molecule has 2 amide bonds. The first-order valence-corrected chi connectivity index (χ1v) is 7.09. The Morgan fingerprint density at radius 3 is 2.48 bits per heavy atom. The second-order valence-corrected chi connectivity index (χ2v) is 5.82. The van der Waals surface area contributed by atoms with E-state index in [1.54, 1.807) is 19.1 Å². The number of halogens is 4. The summed E-state index contributed by atoms with van der Waals surface area (Å²) in [6.07, 6.45) is -4.68. The van der Waals surface area contributed by atoms with E-state index < -0.39 is 43.1 Å². The number of hydrogen-bond acceptors (Lipinski definition) is 2. The molecule has 1 heterocycles. The van der Waals surface area contributed by atoms with E-state index in [1.165, 1.54) is 6.07 Å². The predicted octanol–water partition coefficient (Wildman–Crippen LogP) is 3.38. The zero-order valence-corrected chi connectivity index (χ0v) is 12.8. The highest BCUT2D eigenvalue weighted by molar-refractivity contribution is 6.33. The number of nitrogens with zero attached hydrogens (tertiary/aromatic N) is 1. The Kier molecular flexibility index (Phi) is 4.74. The van der Waals surface area contributed by atoms with Crippen LogP contribution in [0.1, 0.15) is 5.56 Å². The van der Waals surface area contributed by atoms with Crippen LogP contribution in [0, 0.1) is 18.8 Å². The predicted molar refractivity (Wildman–Crippen MR) is 77.5 cm³/mol. The molecule has 23 heavy (non-hydrogen) atoms. The standard InChI is InChI=1S/C14H14ClF3N2O3/c1-7-2-3-11(10(15)4-7)19-13(23)20-5-8(12(21)22)9(6-20)14(16,17)18/h2-4,8-9H,5-6H2,1H3,(H,19,23)(H,21,22)/t8-,9-/m1/s1. The summed E-state index contributed by atoms with van der Waals surface area (Å²) in [5.41, 5.74) is 1.11. The largest absolute Gasteiger partial charge is 0.481 e. The fourth-order valence-corrected chi connectivity index (χ4v) is 2.75. The number of carbonyl (C=O) groups excluding carboxylic acids is 1. The third kappa shape index (κ3) is 3.87. The van der Waals surface area contributed by atoms with Crippen molar-refractivity contribution in [2.45, 2.75) is 13.1 Å². The van der Waals surface area contributed by atoms with Gasteiger partial charge in [0.1, 0.15) is 0 Å². The number of aryl methyl sites for hydroxylation is 1. The Morgan fingerprint density at radius 1 is 1.35 bits per heavy atom. The average Bonchev–Trinajstić information content (AvgIpc) is 2.87. The minimum Gasteiger partial charge on any atom is -0.481 e. The number of alkyl halides is 3. The normalized spacial score (nSPS) is 21.3. The maximum Gasteiger partial charge on any atom is 0.394 e. The number of urea groups is 1. The maximum atomic E-state index is 12.9. The van der Waals surface area contributed by atoms with Gasteiger partial charge in [0.2, 0.25) is 0 Å². The lowest BCUT2D eigenvalue weighted by Crippen LogP contribution is -2.35. The van der Waals surface area contributed by atoms with Gasteiger partial charge < -0.3 is 15.3 Å². The average molecular weight is 351 g/mol. The molecule has 1 aromatic rings. The molecule has 1 aliphatic rings. The Morgan fingerprint density at radius 2 is 2.00 bits per heavy atom. The van der Waals surface area contributed by atoms with Crippen LogP contribution in [0.4, 0.5) is 23.7 Å². The first kappa shape index (κ1) is 17.4. The molecule has 1 fully saturated rings. The molecule has 2 atom stereocenters. The monoisotopic (exact) mass is 350 g/mol. The fourth-order valence-electron chi connectivity index (χ4n) is 2.47. The smallest absolute Gasteiger partial charge is 0.394 e. The van der Waals surface area contributed by atoms with Crippen molar-refractivity contribution in [3.63, 3.8) is 0 Å². The molecule has 1 saturated heterocycles. The van der Waals surface area contributed by atoms with Crippen LogP contribution in [0.2, 0.25) is 5.02 Å². The number of carbonyl (C=O) groups is 2. The second-order valence-electron chi connectivity index (χ2n) is 5.41. The molecule has 0 aliphatic carbocycles. The number of nitrogens with one attached hydrogen (secondary N) is 1. The van der Waals surface area contributed by atoms with Gasteiger partial charge >= 0.3 is 18.2 Å². The molecule has 0 bridgehead atoms. The lowest BCUT2D eigenvalue weighted by Gasteiger charge is -2.19. The Balaban J connectivity index is 2.13. The lowest BCUT2D eigenvalue weighted by atomic mass is 9.96. The van der Waals surface area contributed by atoms with Crippen molar-refractivity contribution in [2.75, 3.05) is 18.4 Å². The van der Waals surface area contributed by atoms with Crippen molar-refractivity contribution < 1.29 is 27.9 Å². The third-order valence-electron chi connectivity index (χ3n) is 3.71. The van der Waals surface area contributed by atoms with Crippen LogP contribution in [0.25, 0.3) is 0 Å². The first-order valence-electron chi connectivity index (χ1n) is 6.71. The number of benzene rings is 1. The summed E-state index contributed by atoms with van der Waals surface area (Å²) in [6, 6.07) is 4.00. The summed E-state index contributed by atoms with van der Waals surface area (Å²) in [5.74, 6) is -5.33. The molecule has 0 saturated carbocycles. The van der Waals surface area contributed by atoms with E-state index >= 15 is 0 Å². The van der Waals surface area contributed by atoms with Crippen LogP contribution in [0.5, 0.6) is 0 Å². The third-order valence-corrected chi connectivity index (χ3v) is 4.02. The van der Waals surface area contributed by atoms with Gasteiger partial charge in [-0.2, -0.15) is 13.2 Å². The van der Waals surface area contributed by atoms with Gasteiger partial charge in [-0.05, 0) is 24.6 Å². The summed E-state index contributed by atoms with van der Waals surface area (Å²) in [5, 5.41) is 11.6. The number of aliphatic carboxylic acids is 1. The van der Waals surface area contributed by atoms with Gasteiger partial charge in [-0.25, -0.2) is 4.79 Å². The highest BCUT2D eigenvalue weighted by atomic mass is 35.5. The highest BCUT2D eigenvalue weighted by Gasteiger charge is 2.53. The lowest BCUT2D eigenvalue weighted by molar-refractivity contribution is -0.187. The Labute approximate surface area is 135 Å². The summed E-state index contributed by atoms with van der Waals surface area (Å²) in [6.45, 7) is 0.591. The van der Waals surface area contributed by atoms with Crippen molar-refractivity contribution >= 4 is 29.3 Å². The molecule has 0 radical (unpaired) electrons. The number of amides is 2. The van der Waals surface area contributed by atoms with Gasteiger partial charge in [-0.3, -0.25) is 4.79 Å².